The lowest BCUT2D eigenvalue weighted by atomic mass is 10.1. The second kappa shape index (κ2) is 7.17. The molecule has 0 unspecified atom stereocenters. The Labute approximate surface area is 110 Å². The molecule has 0 aliphatic heterocycles. The summed E-state index contributed by atoms with van der Waals surface area (Å²) in [4.78, 5) is 13.1. The van der Waals surface area contributed by atoms with Crippen LogP contribution < -0.4 is 4.90 Å². The number of carbonyl (C=O) groups excluding carboxylic acids is 1. The molecule has 0 heterocycles. The summed E-state index contributed by atoms with van der Waals surface area (Å²) in [7, 11) is 1.72. The lowest BCUT2D eigenvalue weighted by Gasteiger charge is -2.27. The average Bonchev–Trinajstić information content (AvgIpc) is 2.34. The van der Waals surface area contributed by atoms with Crippen molar-refractivity contribution in [3.05, 3.63) is 29.3 Å². The first-order chi connectivity index (χ1) is 8.58. The molecule has 3 heteroatoms. The summed E-state index contributed by atoms with van der Waals surface area (Å²) in [5.41, 5.74) is 2.94. The summed E-state index contributed by atoms with van der Waals surface area (Å²) < 4.78 is 5.15. The van der Waals surface area contributed by atoms with E-state index in [0.717, 1.165) is 36.2 Å². The first-order valence-corrected chi connectivity index (χ1v) is 6.38. The topological polar surface area (TPSA) is 29.5 Å². The van der Waals surface area contributed by atoms with E-state index in [1.54, 1.807) is 7.11 Å². The zero-order chi connectivity index (χ0) is 13.5. The Balaban J connectivity index is 2.89. The maximum absolute atomic E-state index is 10.8. The molecule has 0 bridgehead atoms. The van der Waals surface area contributed by atoms with E-state index in [-0.39, 0.29) is 0 Å². The number of carbonyl (C=O) groups is 1. The van der Waals surface area contributed by atoms with Crippen LogP contribution in [0.3, 0.4) is 0 Å². The maximum Gasteiger partial charge on any atom is 0.150 e. The summed E-state index contributed by atoms with van der Waals surface area (Å²) in [6.45, 7) is 8.94. The van der Waals surface area contributed by atoms with Gasteiger partial charge in [-0.3, -0.25) is 4.79 Å². The van der Waals surface area contributed by atoms with Gasteiger partial charge in [0.15, 0.2) is 0 Å². The zero-order valence-electron chi connectivity index (χ0n) is 11.8. The molecule has 1 aromatic rings. The third kappa shape index (κ3) is 4.15. The molecule has 0 amide bonds. The molecule has 1 rings (SSSR count). The van der Waals surface area contributed by atoms with Crippen molar-refractivity contribution in [1.29, 1.82) is 0 Å². The van der Waals surface area contributed by atoms with Crippen LogP contribution in [0.5, 0.6) is 0 Å². The Hall–Kier alpha value is -1.35. The van der Waals surface area contributed by atoms with Crippen LogP contribution >= 0.6 is 0 Å². The SMILES string of the molecule is COCCN(CC(C)C)c1ccc(C=O)c(C)c1. The van der Waals surface area contributed by atoms with Gasteiger partial charge in [-0.05, 0) is 36.6 Å². The molecule has 0 N–H and O–H groups in total. The highest BCUT2D eigenvalue weighted by molar-refractivity contribution is 5.78. The monoisotopic (exact) mass is 249 g/mol. The average molecular weight is 249 g/mol. The van der Waals surface area contributed by atoms with Crippen molar-refractivity contribution in [2.24, 2.45) is 5.92 Å². The number of rotatable bonds is 7. The number of ether oxygens (including phenoxy) is 1. The summed E-state index contributed by atoms with van der Waals surface area (Å²) >= 11 is 0. The van der Waals surface area contributed by atoms with E-state index in [2.05, 4.69) is 24.8 Å². The number of anilines is 1. The summed E-state index contributed by atoms with van der Waals surface area (Å²) in [5, 5.41) is 0. The lowest BCUT2D eigenvalue weighted by Crippen LogP contribution is -2.31. The molecule has 0 saturated carbocycles. The second-order valence-corrected chi connectivity index (χ2v) is 4.99. The first kappa shape index (κ1) is 14.7. The molecule has 18 heavy (non-hydrogen) atoms. The number of nitrogens with zero attached hydrogens (tertiary/aromatic N) is 1. The third-order valence-electron chi connectivity index (χ3n) is 2.90. The van der Waals surface area contributed by atoms with E-state index in [4.69, 9.17) is 4.74 Å². The minimum Gasteiger partial charge on any atom is -0.383 e. The van der Waals surface area contributed by atoms with Crippen LogP contribution in [0.15, 0.2) is 18.2 Å². The van der Waals surface area contributed by atoms with E-state index in [0.29, 0.717) is 12.5 Å². The number of aldehydes is 1. The summed E-state index contributed by atoms with van der Waals surface area (Å²) in [6, 6.07) is 5.97. The smallest absolute Gasteiger partial charge is 0.150 e. The molecular weight excluding hydrogens is 226 g/mol. The summed E-state index contributed by atoms with van der Waals surface area (Å²) in [6.07, 6.45) is 0.904. The second-order valence-electron chi connectivity index (χ2n) is 4.99. The number of hydrogen-bond acceptors (Lipinski definition) is 3. The fraction of sp³-hybridized carbons (Fsp3) is 0.533. The van der Waals surface area contributed by atoms with Crippen molar-refractivity contribution in [2.75, 3.05) is 31.7 Å². The van der Waals surface area contributed by atoms with Crippen LogP contribution in [0.25, 0.3) is 0 Å². The lowest BCUT2D eigenvalue weighted by molar-refractivity contribution is 0.112. The standard InChI is InChI=1S/C15H23NO2/c1-12(2)10-16(7-8-18-4)15-6-5-14(11-17)13(3)9-15/h5-6,9,11-12H,7-8,10H2,1-4H3. The molecule has 0 fully saturated rings. The highest BCUT2D eigenvalue weighted by atomic mass is 16.5. The van der Waals surface area contributed by atoms with Gasteiger partial charge in [0, 0.05) is 31.5 Å². The molecule has 0 radical (unpaired) electrons. The molecule has 1 aromatic carbocycles. The fourth-order valence-electron chi connectivity index (χ4n) is 1.96. The molecule has 0 aliphatic carbocycles. The molecule has 3 nitrogen and oxygen atoms in total. The van der Waals surface area contributed by atoms with Crippen LogP contribution in [0.1, 0.15) is 29.8 Å². The van der Waals surface area contributed by atoms with Gasteiger partial charge in [0.2, 0.25) is 0 Å². The molecule has 100 valence electrons. The van der Waals surface area contributed by atoms with E-state index in [1.807, 2.05) is 19.1 Å². The minimum absolute atomic E-state index is 0.591. The largest absolute Gasteiger partial charge is 0.383 e. The Bertz CT molecular complexity index is 388. The molecule has 0 aromatic heterocycles. The van der Waals surface area contributed by atoms with Crippen LogP contribution in [-0.2, 0) is 4.74 Å². The number of methoxy groups -OCH3 is 1. The highest BCUT2D eigenvalue weighted by Crippen LogP contribution is 2.19. The molecular formula is C15H23NO2. The van der Waals surface area contributed by atoms with E-state index in [1.165, 1.54) is 0 Å². The van der Waals surface area contributed by atoms with Gasteiger partial charge in [-0.25, -0.2) is 0 Å². The molecule has 0 aliphatic rings. The Morgan fingerprint density at radius 1 is 1.39 bits per heavy atom. The van der Waals surface area contributed by atoms with Gasteiger partial charge in [-0.15, -0.1) is 0 Å². The van der Waals surface area contributed by atoms with Gasteiger partial charge in [-0.2, -0.15) is 0 Å². The van der Waals surface area contributed by atoms with Crippen molar-refractivity contribution in [3.8, 4) is 0 Å². The van der Waals surface area contributed by atoms with Crippen molar-refractivity contribution < 1.29 is 9.53 Å². The first-order valence-electron chi connectivity index (χ1n) is 6.38. The van der Waals surface area contributed by atoms with Crippen LogP contribution in [0.2, 0.25) is 0 Å². The number of benzene rings is 1. The van der Waals surface area contributed by atoms with Crippen LogP contribution in [0, 0.1) is 12.8 Å². The Morgan fingerprint density at radius 2 is 2.11 bits per heavy atom. The van der Waals surface area contributed by atoms with Gasteiger partial charge in [-0.1, -0.05) is 13.8 Å². The minimum atomic E-state index is 0.591. The van der Waals surface area contributed by atoms with Gasteiger partial charge in [0.1, 0.15) is 6.29 Å². The van der Waals surface area contributed by atoms with Crippen molar-refractivity contribution >= 4 is 12.0 Å². The normalized spacial score (nSPS) is 10.7. The predicted octanol–water partition coefficient (Wildman–Crippen LogP) is 2.92. The third-order valence-corrected chi connectivity index (χ3v) is 2.90. The number of aryl methyl sites for hydroxylation is 1. The van der Waals surface area contributed by atoms with E-state index < -0.39 is 0 Å². The van der Waals surface area contributed by atoms with E-state index in [9.17, 15) is 4.79 Å². The Morgan fingerprint density at radius 3 is 2.61 bits per heavy atom. The van der Waals surface area contributed by atoms with Crippen molar-refractivity contribution in [3.63, 3.8) is 0 Å². The molecule has 0 spiro atoms. The van der Waals surface area contributed by atoms with Crippen LogP contribution in [-0.4, -0.2) is 33.1 Å². The zero-order valence-corrected chi connectivity index (χ0v) is 11.8. The van der Waals surface area contributed by atoms with Crippen LogP contribution in [0.4, 0.5) is 5.69 Å². The quantitative estimate of drug-likeness (QED) is 0.696. The van der Waals surface area contributed by atoms with Crippen molar-refractivity contribution in [1.82, 2.24) is 0 Å². The van der Waals surface area contributed by atoms with Gasteiger partial charge in [0.05, 0.1) is 6.61 Å². The maximum atomic E-state index is 10.8. The van der Waals surface area contributed by atoms with Gasteiger partial charge < -0.3 is 9.64 Å². The van der Waals surface area contributed by atoms with Gasteiger partial charge in [0.25, 0.3) is 0 Å². The fourth-order valence-corrected chi connectivity index (χ4v) is 1.96. The molecule has 0 saturated heterocycles. The van der Waals surface area contributed by atoms with E-state index >= 15 is 0 Å². The van der Waals surface area contributed by atoms with Crippen molar-refractivity contribution in [2.45, 2.75) is 20.8 Å². The highest BCUT2D eigenvalue weighted by Gasteiger charge is 2.09. The predicted molar refractivity (Wildman–Crippen MR) is 75.5 cm³/mol. The van der Waals surface area contributed by atoms with Gasteiger partial charge >= 0.3 is 0 Å². The molecule has 0 atom stereocenters. The number of hydrogen-bond donors (Lipinski definition) is 0. The Kier molecular flexibility index (Phi) is 5.86. The summed E-state index contributed by atoms with van der Waals surface area (Å²) in [5.74, 6) is 0.591.